The Kier molecular flexibility index (Phi) is 11.1. The molecule has 33 heavy (non-hydrogen) atoms. The van der Waals surface area contributed by atoms with Gasteiger partial charge in [-0.2, -0.15) is 0 Å². The third-order valence-corrected chi connectivity index (χ3v) is 7.62. The second kappa shape index (κ2) is 13.3. The highest BCUT2D eigenvalue weighted by atomic mass is 16.5. The lowest BCUT2D eigenvalue weighted by atomic mass is 9.60. The van der Waals surface area contributed by atoms with Crippen LogP contribution in [0.5, 0.6) is 0 Å². The minimum absolute atomic E-state index is 0.110. The highest BCUT2D eigenvalue weighted by molar-refractivity contribution is 5.72. The molecular weight excluding hydrogens is 420 g/mol. The van der Waals surface area contributed by atoms with Crippen LogP contribution in [0.25, 0.3) is 0 Å². The predicted octanol–water partition coefficient (Wildman–Crippen LogP) is 4.44. The zero-order valence-corrected chi connectivity index (χ0v) is 21.0. The number of carbonyl (C=O) groups is 2. The van der Waals surface area contributed by atoms with Gasteiger partial charge in [-0.15, -0.1) is 0 Å². The quantitative estimate of drug-likeness (QED) is 0.347. The van der Waals surface area contributed by atoms with Gasteiger partial charge in [-0.1, -0.05) is 45.1 Å². The van der Waals surface area contributed by atoms with Gasteiger partial charge in [0, 0.05) is 5.92 Å². The molecule has 0 amide bonds. The van der Waals surface area contributed by atoms with E-state index in [0.717, 1.165) is 25.7 Å². The predicted molar refractivity (Wildman–Crippen MR) is 128 cm³/mol. The van der Waals surface area contributed by atoms with Crippen LogP contribution in [-0.2, 0) is 19.1 Å². The topological polar surface area (TPSA) is 93.1 Å². The smallest absolute Gasteiger partial charge is 0.308 e. The van der Waals surface area contributed by atoms with Crippen LogP contribution in [0.3, 0.4) is 0 Å². The van der Waals surface area contributed by atoms with E-state index < -0.39 is 18.2 Å². The summed E-state index contributed by atoms with van der Waals surface area (Å²) in [5, 5.41) is 20.6. The Bertz CT molecular complexity index is 686. The number of esters is 2. The number of aliphatic hydroxyl groups excluding tert-OH is 2. The highest BCUT2D eigenvalue weighted by Gasteiger charge is 2.45. The molecule has 0 radical (unpaired) electrons. The average Bonchev–Trinajstić information content (AvgIpc) is 2.77. The lowest BCUT2D eigenvalue weighted by molar-refractivity contribution is -0.163. The molecule has 0 saturated heterocycles. The molecule has 2 rings (SSSR count). The largest absolute Gasteiger partial charge is 0.469 e. The van der Waals surface area contributed by atoms with Crippen molar-refractivity contribution in [2.45, 2.75) is 91.0 Å². The Labute approximate surface area is 199 Å². The molecule has 0 aliphatic heterocycles. The zero-order chi connectivity index (χ0) is 24.5. The fourth-order valence-corrected chi connectivity index (χ4v) is 5.56. The lowest BCUT2D eigenvalue weighted by Crippen LogP contribution is -2.46. The first kappa shape index (κ1) is 27.6. The van der Waals surface area contributed by atoms with Crippen molar-refractivity contribution >= 4 is 11.9 Å². The van der Waals surface area contributed by atoms with Gasteiger partial charge in [-0.05, 0) is 69.1 Å². The molecular formula is C27H44O6. The molecule has 0 aromatic rings. The van der Waals surface area contributed by atoms with Gasteiger partial charge in [-0.25, -0.2) is 0 Å². The molecule has 2 aliphatic carbocycles. The first-order chi connectivity index (χ1) is 15.7. The van der Waals surface area contributed by atoms with Crippen LogP contribution in [0.4, 0.5) is 0 Å². The van der Waals surface area contributed by atoms with Crippen molar-refractivity contribution in [3.63, 3.8) is 0 Å². The minimum Gasteiger partial charge on any atom is -0.469 e. The summed E-state index contributed by atoms with van der Waals surface area (Å²) in [5.74, 6) is 0.865. The second-order valence-corrected chi connectivity index (χ2v) is 10.1. The number of allylic oxidation sites excluding steroid dienone is 4. The maximum Gasteiger partial charge on any atom is 0.308 e. The van der Waals surface area contributed by atoms with Crippen molar-refractivity contribution in [3.05, 3.63) is 24.3 Å². The zero-order valence-electron chi connectivity index (χ0n) is 21.0. The van der Waals surface area contributed by atoms with Crippen LogP contribution in [0.2, 0.25) is 0 Å². The summed E-state index contributed by atoms with van der Waals surface area (Å²) in [6.45, 7) is 8.15. The van der Waals surface area contributed by atoms with Crippen molar-refractivity contribution in [2.75, 3.05) is 7.11 Å². The lowest BCUT2D eigenvalue weighted by Gasteiger charge is -2.47. The van der Waals surface area contributed by atoms with Gasteiger partial charge >= 0.3 is 11.9 Å². The molecule has 6 nitrogen and oxygen atoms in total. The Morgan fingerprint density at radius 1 is 1.18 bits per heavy atom. The third-order valence-electron chi connectivity index (χ3n) is 7.62. The minimum atomic E-state index is -0.913. The maximum absolute atomic E-state index is 12.7. The van der Waals surface area contributed by atoms with Gasteiger partial charge in [0.2, 0.25) is 0 Å². The number of fused-ring (bicyclic) bond motifs is 1. The number of hydrogen-bond acceptors (Lipinski definition) is 6. The van der Waals surface area contributed by atoms with Crippen LogP contribution in [0.15, 0.2) is 24.3 Å². The summed E-state index contributed by atoms with van der Waals surface area (Å²) in [4.78, 5) is 24.1. The van der Waals surface area contributed by atoms with E-state index in [4.69, 9.17) is 4.74 Å². The number of aliphatic hydroxyl groups is 2. The molecule has 0 unspecified atom stereocenters. The van der Waals surface area contributed by atoms with Gasteiger partial charge in [0.05, 0.1) is 31.7 Å². The summed E-state index contributed by atoms with van der Waals surface area (Å²) < 4.78 is 10.7. The van der Waals surface area contributed by atoms with Crippen LogP contribution in [0, 0.1) is 35.5 Å². The van der Waals surface area contributed by atoms with Crippen LogP contribution < -0.4 is 0 Å². The average molecular weight is 465 g/mol. The SMILES string of the molecule is C/C=C/[C@@H]1C[C@H](OC(=O)[C@@H](C)CC)[C@@H]2[C@@H](CC[C@@H](O)C[C@@H](O)CC(=O)OC)[C@@H](C)C=C[C@H]2C1. The number of hydrogen-bond donors (Lipinski definition) is 2. The Morgan fingerprint density at radius 3 is 2.55 bits per heavy atom. The molecule has 2 N–H and O–H groups in total. The van der Waals surface area contributed by atoms with Crippen LogP contribution in [0.1, 0.15) is 72.6 Å². The number of rotatable bonds is 11. The number of methoxy groups -OCH3 is 1. The molecule has 0 aromatic carbocycles. The summed E-state index contributed by atoms with van der Waals surface area (Å²) >= 11 is 0. The first-order valence-corrected chi connectivity index (χ1v) is 12.6. The van der Waals surface area contributed by atoms with Crippen molar-refractivity contribution in [3.8, 4) is 0 Å². The molecule has 0 spiro atoms. The summed E-state index contributed by atoms with van der Waals surface area (Å²) in [5.41, 5.74) is 0. The molecule has 1 fully saturated rings. The van der Waals surface area contributed by atoms with Crippen LogP contribution >= 0.6 is 0 Å². The molecule has 0 aromatic heterocycles. The van der Waals surface area contributed by atoms with E-state index in [-0.39, 0.29) is 42.7 Å². The van der Waals surface area contributed by atoms with E-state index >= 15 is 0 Å². The van der Waals surface area contributed by atoms with Gasteiger partial charge in [0.15, 0.2) is 0 Å². The summed E-state index contributed by atoms with van der Waals surface area (Å²) in [6.07, 6.45) is 11.2. The molecule has 188 valence electrons. The fourth-order valence-electron chi connectivity index (χ4n) is 5.56. The van der Waals surface area contributed by atoms with Crippen molar-refractivity contribution in [1.29, 1.82) is 0 Å². The second-order valence-electron chi connectivity index (χ2n) is 10.1. The molecule has 0 bridgehead atoms. The van der Waals surface area contributed by atoms with Gasteiger partial charge in [0.1, 0.15) is 6.10 Å². The van der Waals surface area contributed by atoms with E-state index in [9.17, 15) is 19.8 Å². The number of carbonyl (C=O) groups excluding carboxylic acids is 2. The van der Waals surface area contributed by atoms with E-state index in [1.807, 2.05) is 20.8 Å². The summed E-state index contributed by atoms with van der Waals surface area (Å²) in [6, 6.07) is 0. The molecule has 0 heterocycles. The van der Waals surface area contributed by atoms with Gasteiger partial charge in [0.25, 0.3) is 0 Å². The molecule has 6 heteroatoms. The summed E-state index contributed by atoms with van der Waals surface area (Å²) in [7, 11) is 1.29. The molecule has 1 saturated carbocycles. The standard InChI is InChI=1S/C27H44O6/c1-6-8-19-13-20-10-9-18(4)23(12-11-21(28)15-22(29)16-25(30)32-5)26(20)24(14-19)33-27(31)17(3)7-2/h6,8-10,17-24,26,28-29H,7,11-16H2,1-5H3/b8-6+/t17-,18-,19-,20-,21+,22+,23-,24-,26-/m0/s1. The molecule has 9 atom stereocenters. The Hall–Kier alpha value is -1.66. The Morgan fingerprint density at radius 2 is 1.91 bits per heavy atom. The monoisotopic (exact) mass is 464 g/mol. The van der Waals surface area contributed by atoms with E-state index in [0.29, 0.717) is 24.2 Å². The maximum atomic E-state index is 12.7. The Balaban J connectivity index is 2.10. The van der Waals surface area contributed by atoms with Crippen molar-refractivity contribution < 1.29 is 29.3 Å². The van der Waals surface area contributed by atoms with Gasteiger partial charge in [-0.3, -0.25) is 9.59 Å². The number of ether oxygens (including phenoxy) is 2. The van der Waals surface area contributed by atoms with E-state index in [2.05, 4.69) is 36.0 Å². The first-order valence-electron chi connectivity index (χ1n) is 12.6. The van der Waals surface area contributed by atoms with E-state index in [1.54, 1.807) is 0 Å². The normalized spacial score (nSPS) is 32.1. The fraction of sp³-hybridized carbons (Fsp3) is 0.778. The highest BCUT2D eigenvalue weighted by Crippen LogP contribution is 2.48. The van der Waals surface area contributed by atoms with E-state index in [1.165, 1.54) is 7.11 Å². The van der Waals surface area contributed by atoms with Crippen molar-refractivity contribution in [2.24, 2.45) is 35.5 Å². The third kappa shape index (κ3) is 7.96. The van der Waals surface area contributed by atoms with Crippen molar-refractivity contribution in [1.82, 2.24) is 0 Å². The van der Waals surface area contributed by atoms with Crippen LogP contribution in [-0.4, -0.2) is 47.6 Å². The van der Waals surface area contributed by atoms with Gasteiger partial charge < -0.3 is 19.7 Å². The molecule has 2 aliphatic rings.